The van der Waals surface area contributed by atoms with E-state index in [0.717, 1.165) is 0 Å². The number of benzene rings is 1. The molecule has 6 unspecified atom stereocenters. The minimum atomic E-state index is -5.76. The van der Waals surface area contributed by atoms with Gasteiger partial charge in [0.05, 0.1) is 29.6 Å². The predicted octanol–water partition coefficient (Wildman–Crippen LogP) is -0.324. The number of hydrogen-bond acceptors (Lipinski definition) is 9. The average molecular weight is 539 g/mol. The van der Waals surface area contributed by atoms with E-state index in [1.807, 2.05) is 0 Å². The van der Waals surface area contributed by atoms with E-state index in [0.29, 0.717) is 6.26 Å². The number of sulfonamides is 1. The Balaban J connectivity index is 1.74. The van der Waals surface area contributed by atoms with Crippen LogP contribution >= 0.6 is 0 Å². The van der Waals surface area contributed by atoms with Crippen molar-refractivity contribution in [3.63, 3.8) is 0 Å². The van der Waals surface area contributed by atoms with Gasteiger partial charge in [-0.15, -0.1) is 0 Å². The molecular weight excluding hydrogens is 526 g/mol. The Hall–Kier alpha value is -1.86. The molecule has 1 heterocycles. The van der Waals surface area contributed by atoms with E-state index in [9.17, 15) is 47.6 Å². The second kappa shape index (κ2) is 7.32. The molecule has 3 fully saturated rings. The van der Waals surface area contributed by atoms with Crippen LogP contribution in [-0.2, 0) is 39.2 Å². The zero-order valence-corrected chi connectivity index (χ0v) is 18.5. The quantitative estimate of drug-likeness (QED) is 0.126. The molecule has 1 aromatic rings. The van der Waals surface area contributed by atoms with Crippen molar-refractivity contribution in [1.82, 2.24) is 4.72 Å². The Bertz CT molecular complexity index is 1370. The monoisotopic (exact) mass is 539 g/mol. The summed E-state index contributed by atoms with van der Waals surface area (Å²) in [7, 11) is -14.1. The summed E-state index contributed by atoms with van der Waals surface area (Å²) in [5, 5.41) is -1.50. The highest BCUT2D eigenvalue weighted by Crippen LogP contribution is 2.56. The maximum atomic E-state index is 14.2. The van der Waals surface area contributed by atoms with Crippen LogP contribution in [0.15, 0.2) is 4.90 Å². The predicted molar refractivity (Wildman–Crippen MR) is 96.2 cm³/mol. The molecule has 18 heteroatoms. The number of ether oxygens (including phenoxy) is 1. The van der Waals surface area contributed by atoms with Crippen molar-refractivity contribution in [3.8, 4) is 5.75 Å². The number of carbonyl (C=O) groups excluding carboxylic acids is 1. The maximum absolute atomic E-state index is 14.2. The van der Waals surface area contributed by atoms with Gasteiger partial charge in [-0.2, -0.15) is 25.6 Å². The summed E-state index contributed by atoms with van der Waals surface area (Å²) in [6.45, 7) is 0. The van der Waals surface area contributed by atoms with Crippen LogP contribution < -0.4 is 9.46 Å². The van der Waals surface area contributed by atoms with Crippen molar-refractivity contribution in [1.29, 1.82) is 0 Å². The molecule has 6 atom stereocenters. The van der Waals surface area contributed by atoms with Gasteiger partial charge in [0.1, 0.15) is 0 Å². The Morgan fingerprint density at radius 3 is 2.06 bits per heavy atom. The van der Waals surface area contributed by atoms with Crippen LogP contribution in [0.4, 0.5) is 17.6 Å². The fraction of sp³-hybridized carbons (Fsp3) is 0.533. The zero-order chi connectivity index (χ0) is 24.8. The van der Waals surface area contributed by atoms with Crippen molar-refractivity contribution in [2.45, 2.75) is 28.7 Å². The first-order chi connectivity index (χ1) is 15.0. The van der Waals surface area contributed by atoms with Gasteiger partial charge in [-0.05, 0) is 12.3 Å². The second-order valence-electron chi connectivity index (χ2n) is 7.82. The molecule has 1 aliphatic heterocycles. The van der Waals surface area contributed by atoms with Crippen molar-refractivity contribution < 1.29 is 61.1 Å². The van der Waals surface area contributed by atoms with Crippen molar-refractivity contribution in [2.75, 3.05) is 6.26 Å². The number of rotatable bonds is 5. The van der Waals surface area contributed by atoms with Crippen LogP contribution in [0.2, 0.25) is 0 Å². The van der Waals surface area contributed by atoms with Crippen molar-refractivity contribution >= 4 is 36.2 Å². The van der Waals surface area contributed by atoms with Gasteiger partial charge in [0.2, 0.25) is 27.4 Å². The van der Waals surface area contributed by atoms with E-state index in [4.69, 9.17) is 8.74 Å². The van der Waals surface area contributed by atoms with Crippen molar-refractivity contribution in [3.05, 3.63) is 23.3 Å². The normalized spacial score (nSPS) is 32.3. The summed E-state index contributed by atoms with van der Waals surface area (Å²) < 4.78 is 147. The van der Waals surface area contributed by atoms with Crippen LogP contribution in [0.1, 0.15) is 6.42 Å². The van der Waals surface area contributed by atoms with Gasteiger partial charge in [0, 0.05) is 5.92 Å². The van der Waals surface area contributed by atoms with Crippen LogP contribution in [0, 0.1) is 41.0 Å². The Labute approximate surface area is 184 Å². The Kier molecular flexibility index (Phi) is 5.38. The third-order valence-corrected chi connectivity index (χ3v) is 9.29. The topological polar surface area (TPSA) is 170 Å². The van der Waals surface area contributed by atoms with Gasteiger partial charge >= 0.3 is 16.1 Å². The summed E-state index contributed by atoms with van der Waals surface area (Å²) in [4.78, 5) is 10.4. The standard InChI is InChI=1S/C15H13F4NO10S3/c1-31(22,23)30-11-3-2-4-10(11)20-32(24,25)13(4)5(3)15(21)29-12-6(16)8(18)14(33(26,27)28)9(19)7(12)17/h3-5,10-11,13,20H,2H2,1H3,(H,26,27,28). The summed E-state index contributed by atoms with van der Waals surface area (Å²) >= 11 is 0. The van der Waals surface area contributed by atoms with Crippen LogP contribution in [0.5, 0.6) is 5.75 Å². The molecule has 33 heavy (non-hydrogen) atoms. The summed E-state index contributed by atoms with van der Waals surface area (Å²) in [5.74, 6) is -17.5. The van der Waals surface area contributed by atoms with E-state index < -0.39 is 105 Å². The van der Waals surface area contributed by atoms with E-state index in [-0.39, 0.29) is 6.42 Å². The first-order valence-electron chi connectivity index (χ1n) is 8.90. The zero-order valence-electron chi connectivity index (χ0n) is 16.0. The van der Waals surface area contributed by atoms with Crippen LogP contribution in [0.3, 0.4) is 0 Å². The lowest BCUT2D eigenvalue weighted by atomic mass is 9.84. The van der Waals surface area contributed by atoms with Gasteiger partial charge in [0.25, 0.3) is 10.1 Å². The summed E-state index contributed by atoms with van der Waals surface area (Å²) in [5.41, 5.74) is 0. The molecule has 0 spiro atoms. The molecule has 2 saturated carbocycles. The molecule has 0 amide bonds. The van der Waals surface area contributed by atoms with E-state index >= 15 is 0 Å². The lowest BCUT2D eigenvalue weighted by Crippen LogP contribution is -2.47. The highest BCUT2D eigenvalue weighted by Gasteiger charge is 2.70. The largest absolute Gasteiger partial charge is 0.420 e. The molecular formula is C15H13F4NO10S3. The molecule has 2 aliphatic carbocycles. The molecule has 2 N–H and O–H groups in total. The highest BCUT2D eigenvalue weighted by atomic mass is 32.2. The van der Waals surface area contributed by atoms with Crippen LogP contribution in [-0.4, -0.2) is 59.4 Å². The van der Waals surface area contributed by atoms with Crippen molar-refractivity contribution in [2.24, 2.45) is 17.8 Å². The van der Waals surface area contributed by atoms with E-state index in [2.05, 4.69) is 9.46 Å². The van der Waals surface area contributed by atoms with E-state index in [1.54, 1.807) is 0 Å². The lowest BCUT2D eigenvalue weighted by molar-refractivity contribution is -0.142. The van der Waals surface area contributed by atoms with Gasteiger partial charge in [-0.25, -0.2) is 21.9 Å². The minimum absolute atomic E-state index is 0.0447. The highest BCUT2D eigenvalue weighted by molar-refractivity contribution is 7.90. The summed E-state index contributed by atoms with van der Waals surface area (Å²) in [6, 6.07) is -0.999. The SMILES string of the molecule is CS(=O)(=O)OC1C2CC3C1NS(=O)(=O)C3C2C(=O)Oc1c(F)c(F)c(S(=O)(=O)O)c(F)c1F. The third kappa shape index (κ3) is 3.72. The lowest BCUT2D eigenvalue weighted by Gasteiger charge is -2.30. The number of fused-ring (bicyclic) bond motifs is 1. The smallest absolute Gasteiger partial charge is 0.316 e. The maximum Gasteiger partial charge on any atom is 0.316 e. The van der Waals surface area contributed by atoms with Crippen LogP contribution in [0.25, 0.3) is 0 Å². The fourth-order valence-electron chi connectivity index (χ4n) is 4.87. The second-order valence-corrected chi connectivity index (χ2v) is 12.6. The molecule has 184 valence electrons. The molecule has 4 rings (SSSR count). The fourth-order valence-corrected chi connectivity index (χ4v) is 8.45. The molecule has 0 aromatic heterocycles. The van der Waals surface area contributed by atoms with Gasteiger partial charge in [-0.1, -0.05) is 0 Å². The third-order valence-electron chi connectivity index (χ3n) is 5.88. The molecule has 2 bridgehead atoms. The molecule has 1 saturated heterocycles. The average Bonchev–Trinajstić information content (AvgIpc) is 3.24. The van der Waals surface area contributed by atoms with E-state index in [1.165, 1.54) is 0 Å². The molecule has 3 aliphatic rings. The molecule has 0 radical (unpaired) electrons. The number of halogens is 4. The number of esters is 1. The summed E-state index contributed by atoms with van der Waals surface area (Å²) in [6.07, 6.45) is -0.724. The number of carbonyl (C=O) groups is 1. The van der Waals surface area contributed by atoms with Gasteiger partial charge in [0.15, 0.2) is 16.5 Å². The number of nitrogens with one attached hydrogen (secondary N) is 1. The Morgan fingerprint density at radius 1 is 1.03 bits per heavy atom. The number of hydrogen-bond donors (Lipinski definition) is 2. The molecule has 1 aromatic carbocycles. The molecule has 11 nitrogen and oxygen atoms in total. The Morgan fingerprint density at radius 2 is 1.58 bits per heavy atom. The first-order valence-corrected chi connectivity index (χ1v) is 13.7. The van der Waals surface area contributed by atoms with Gasteiger partial charge < -0.3 is 4.74 Å². The minimum Gasteiger partial charge on any atom is -0.420 e. The van der Waals surface area contributed by atoms with Gasteiger partial charge in [-0.3, -0.25) is 13.5 Å². The first kappa shape index (κ1) is 24.3.